The van der Waals surface area contributed by atoms with E-state index in [0.717, 1.165) is 11.4 Å². The van der Waals surface area contributed by atoms with Crippen molar-refractivity contribution in [2.45, 2.75) is 6.42 Å². The number of aryl methyl sites for hydroxylation is 1. The summed E-state index contributed by atoms with van der Waals surface area (Å²) in [6.45, 7) is 0.372. The first kappa shape index (κ1) is 15.1. The lowest BCUT2D eigenvalue weighted by atomic mass is 10.1. The molecule has 0 spiro atoms. The molecule has 7 nitrogen and oxygen atoms in total. The summed E-state index contributed by atoms with van der Waals surface area (Å²) in [5.74, 6) is 0.139. The largest absolute Gasteiger partial charge is 0.497 e. The number of ether oxygens (including phenoxy) is 1. The predicted molar refractivity (Wildman–Crippen MR) is 85.3 cm³/mol. The van der Waals surface area contributed by atoms with E-state index in [4.69, 9.17) is 4.74 Å². The van der Waals surface area contributed by atoms with E-state index < -0.39 is 0 Å². The fourth-order valence-electron chi connectivity index (χ4n) is 2.63. The standard InChI is InChI=1S/C16H18N4O3/c1-19-10-12(8-17-19)18-16(22)11-7-15(21)20(9-11)13-3-5-14(23-2)6-4-13/h3-6,8,10-11H,7,9H2,1-2H3,(H,18,22). The van der Waals surface area contributed by atoms with E-state index in [9.17, 15) is 9.59 Å². The van der Waals surface area contributed by atoms with Crippen molar-refractivity contribution in [2.75, 3.05) is 23.9 Å². The van der Waals surface area contributed by atoms with E-state index in [1.807, 2.05) is 12.1 Å². The monoisotopic (exact) mass is 314 g/mol. The number of anilines is 2. The number of carbonyl (C=O) groups is 2. The highest BCUT2D eigenvalue weighted by Crippen LogP contribution is 2.27. The molecule has 1 fully saturated rings. The molecule has 0 bridgehead atoms. The number of benzene rings is 1. The lowest BCUT2D eigenvalue weighted by Crippen LogP contribution is -2.28. The smallest absolute Gasteiger partial charge is 0.229 e. The van der Waals surface area contributed by atoms with Gasteiger partial charge in [-0.15, -0.1) is 0 Å². The Morgan fingerprint density at radius 3 is 2.70 bits per heavy atom. The van der Waals surface area contributed by atoms with Gasteiger partial charge in [0, 0.05) is 31.9 Å². The van der Waals surface area contributed by atoms with Crippen LogP contribution in [-0.2, 0) is 16.6 Å². The summed E-state index contributed by atoms with van der Waals surface area (Å²) >= 11 is 0. The zero-order chi connectivity index (χ0) is 16.4. The summed E-state index contributed by atoms with van der Waals surface area (Å²) < 4.78 is 6.72. The molecule has 1 aliphatic heterocycles. The van der Waals surface area contributed by atoms with Crippen LogP contribution in [-0.4, -0.2) is 35.2 Å². The Kier molecular flexibility index (Phi) is 4.01. The number of nitrogens with one attached hydrogen (secondary N) is 1. The molecule has 0 aliphatic carbocycles. The third kappa shape index (κ3) is 3.18. The predicted octanol–water partition coefficient (Wildman–Crippen LogP) is 1.42. The van der Waals surface area contributed by atoms with Crippen molar-refractivity contribution in [1.82, 2.24) is 9.78 Å². The summed E-state index contributed by atoms with van der Waals surface area (Å²) in [6, 6.07) is 7.23. The van der Waals surface area contributed by atoms with Crippen LogP contribution in [0.4, 0.5) is 11.4 Å². The molecular weight excluding hydrogens is 296 g/mol. The first-order valence-electron chi connectivity index (χ1n) is 7.31. The summed E-state index contributed by atoms with van der Waals surface area (Å²) in [4.78, 5) is 26.1. The van der Waals surface area contributed by atoms with E-state index in [-0.39, 0.29) is 24.2 Å². The van der Waals surface area contributed by atoms with Gasteiger partial charge in [-0.2, -0.15) is 5.10 Å². The van der Waals surface area contributed by atoms with Crippen LogP contribution < -0.4 is 15.0 Å². The van der Waals surface area contributed by atoms with Gasteiger partial charge in [0.05, 0.1) is 24.9 Å². The molecule has 2 heterocycles. The molecule has 120 valence electrons. The highest BCUT2D eigenvalue weighted by molar-refractivity contribution is 6.03. The Bertz CT molecular complexity index is 723. The number of methoxy groups -OCH3 is 1. The number of nitrogens with zero attached hydrogens (tertiary/aromatic N) is 3. The molecular formula is C16H18N4O3. The Balaban J connectivity index is 1.67. The van der Waals surface area contributed by atoms with Crippen molar-refractivity contribution >= 4 is 23.2 Å². The zero-order valence-electron chi connectivity index (χ0n) is 13.0. The first-order chi connectivity index (χ1) is 11.1. The number of hydrogen-bond donors (Lipinski definition) is 1. The fraction of sp³-hybridized carbons (Fsp3) is 0.312. The normalized spacial score (nSPS) is 17.4. The van der Waals surface area contributed by atoms with Gasteiger partial charge < -0.3 is 15.0 Å². The van der Waals surface area contributed by atoms with Crippen LogP contribution in [0.1, 0.15) is 6.42 Å². The van der Waals surface area contributed by atoms with Crippen LogP contribution in [0.2, 0.25) is 0 Å². The van der Waals surface area contributed by atoms with Gasteiger partial charge in [0.15, 0.2) is 0 Å². The van der Waals surface area contributed by atoms with Crippen LogP contribution in [0.25, 0.3) is 0 Å². The third-order valence-electron chi connectivity index (χ3n) is 3.85. The van der Waals surface area contributed by atoms with Crippen LogP contribution in [0.5, 0.6) is 5.75 Å². The van der Waals surface area contributed by atoms with Gasteiger partial charge in [0.2, 0.25) is 11.8 Å². The average molecular weight is 314 g/mol. The second kappa shape index (κ2) is 6.12. The van der Waals surface area contributed by atoms with Gasteiger partial charge in [0.25, 0.3) is 0 Å². The number of hydrogen-bond acceptors (Lipinski definition) is 4. The van der Waals surface area contributed by atoms with Crippen molar-refractivity contribution in [3.8, 4) is 5.75 Å². The van der Waals surface area contributed by atoms with E-state index in [0.29, 0.717) is 12.2 Å². The highest BCUT2D eigenvalue weighted by atomic mass is 16.5. The SMILES string of the molecule is COc1ccc(N2CC(C(=O)Nc3cnn(C)c3)CC2=O)cc1. The lowest BCUT2D eigenvalue weighted by Gasteiger charge is -2.17. The van der Waals surface area contributed by atoms with E-state index in [1.165, 1.54) is 0 Å². The zero-order valence-corrected chi connectivity index (χ0v) is 13.0. The van der Waals surface area contributed by atoms with Gasteiger partial charge in [-0.05, 0) is 24.3 Å². The van der Waals surface area contributed by atoms with Crippen LogP contribution in [0.3, 0.4) is 0 Å². The Morgan fingerprint density at radius 2 is 2.09 bits per heavy atom. The van der Waals surface area contributed by atoms with Gasteiger partial charge in [-0.3, -0.25) is 14.3 Å². The minimum Gasteiger partial charge on any atom is -0.497 e. The van der Waals surface area contributed by atoms with Gasteiger partial charge in [-0.1, -0.05) is 0 Å². The van der Waals surface area contributed by atoms with E-state index >= 15 is 0 Å². The maximum absolute atomic E-state index is 12.3. The number of carbonyl (C=O) groups excluding carboxylic acids is 2. The van der Waals surface area contributed by atoms with Crippen LogP contribution in [0.15, 0.2) is 36.7 Å². The topological polar surface area (TPSA) is 76.5 Å². The number of aromatic nitrogens is 2. The van der Waals surface area contributed by atoms with E-state index in [1.54, 1.807) is 48.3 Å². The third-order valence-corrected chi connectivity index (χ3v) is 3.85. The van der Waals surface area contributed by atoms with Crippen LogP contribution >= 0.6 is 0 Å². The van der Waals surface area contributed by atoms with Crippen molar-refractivity contribution in [1.29, 1.82) is 0 Å². The molecule has 3 rings (SSSR count). The molecule has 7 heteroatoms. The van der Waals surface area contributed by atoms with Crippen LogP contribution in [0, 0.1) is 5.92 Å². The second-order valence-electron chi connectivity index (χ2n) is 5.50. The van der Waals surface area contributed by atoms with Crippen molar-refractivity contribution in [3.05, 3.63) is 36.7 Å². The molecule has 23 heavy (non-hydrogen) atoms. The molecule has 1 aliphatic rings. The van der Waals surface area contributed by atoms with E-state index in [2.05, 4.69) is 10.4 Å². The summed E-state index contributed by atoms with van der Waals surface area (Å²) in [5, 5.41) is 6.80. The van der Waals surface area contributed by atoms with Gasteiger partial charge >= 0.3 is 0 Å². The minimum atomic E-state index is -0.371. The molecule has 1 aromatic heterocycles. The molecule has 2 amide bonds. The Labute approximate surface area is 133 Å². The highest BCUT2D eigenvalue weighted by Gasteiger charge is 2.35. The number of amides is 2. The van der Waals surface area contributed by atoms with Crippen molar-refractivity contribution in [2.24, 2.45) is 13.0 Å². The van der Waals surface area contributed by atoms with Crippen molar-refractivity contribution in [3.63, 3.8) is 0 Å². The summed E-state index contributed by atoms with van der Waals surface area (Å²) in [7, 11) is 3.37. The van der Waals surface area contributed by atoms with Gasteiger partial charge in [0.1, 0.15) is 5.75 Å². The minimum absolute atomic E-state index is 0.0542. The summed E-state index contributed by atoms with van der Waals surface area (Å²) in [6.07, 6.45) is 3.50. The Morgan fingerprint density at radius 1 is 1.35 bits per heavy atom. The molecule has 1 aromatic carbocycles. The molecule has 1 saturated heterocycles. The average Bonchev–Trinajstić information content (AvgIpc) is 3.13. The first-order valence-corrected chi connectivity index (χ1v) is 7.31. The second-order valence-corrected chi connectivity index (χ2v) is 5.50. The molecule has 1 unspecified atom stereocenters. The molecule has 1 atom stereocenters. The maximum atomic E-state index is 12.3. The fourth-order valence-corrected chi connectivity index (χ4v) is 2.63. The maximum Gasteiger partial charge on any atom is 0.229 e. The van der Waals surface area contributed by atoms with Crippen molar-refractivity contribution < 1.29 is 14.3 Å². The molecule has 0 radical (unpaired) electrons. The lowest BCUT2D eigenvalue weighted by molar-refractivity contribution is -0.122. The quantitative estimate of drug-likeness (QED) is 0.926. The molecule has 1 N–H and O–H groups in total. The Hall–Kier alpha value is -2.83. The summed E-state index contributed by atoms with van der Waals surface area (Å²) in [5.41, 5.74) is 1.40. The number of rotatable bonds is 4. The molecule has 2 aromatic rings. The molecule has 0 saturated carbocycles. The van der Waals surface area contributed by atoms with Gasteiger partial charge in [-0.25, -0.2) is 0 Å².